The van der Waals surface area contributed by atoms with Gasteiger partial charge in [0.05, 0.1) is 55.3 Å². The Morgan fingerprint density at radius 3 is 1.05 bits per heavy atom. The summed E-state index contributed by atoms with van der Waals surface area (Å²) in [5.41, 5.74) is -3.16. The molecule has 0 aliphatic carbocycles. The first-order valence-corrected chi connectivity index (χ1v) is 35.8. The molecule has 46 heteroatoms. The van der Waals surface area contributed by atoms with Gasteiger partial charge >= 0.3 is 0 Å². The maximum Gasteiger partial charge on any atom is 0.296 e. The van der Waals surface area contributed by atoms with Crippen LogP contribution in [0.5, 0.6) is 11.8 Å². The third-order valence-electron chi connectivity index (χ3n) is 13.1. The van der Waals surface area contributed by atoms with E-state index < -0.39 is 113 Å². The minimum Gasteiger partial charge on any atom is -0.491 e. The topological polar surface area (TPSA) is 590 Å². The van der Waals surface area contributed by atoms with Crippen molar-refractivity contribution in [2.45, 2.75) is 43.2 Å². The predicted molar refractivity (Wildman–Crippen MR) is 339 cm³/mol. The molecule has 0 saturated carbocycles. The first-order chi connectivity index (χ1) is 45.7. The SMILES string of the molecule is Cc1c(N=Nc2cc(N=c3nc(Cl)[nH]c(=Nc4ccc(/C=C/c5ccc(N=c6[nH]c(Cl)nc(=Nc7ccc(S(=O)(=O)O)c(N=Nc8c(O)nn(-c9ccc(S(=O)(=O)O)cc9)c8C)c7)[nH]6)cc5S(=O)(=O)O)c(S(=O)(=O)O)c4)[nH]3)ccc2S(=O)(=O)O)c(O)nn1-c1ccc(S(=O)(=O)O)cc1. The molecule has 0 aliphatic rings. The standard InChI is InChI=1S/C52H40Cl2N18O20S6/c1-25-43(45(73)69-71(25)33-11-15-35(16-12-33)93(75,76)77)67-65-37-21-29(9-19-39(37)95(81,82)83)55-49-59-47(53)61-51(63-49)57-31-7-5-27(41(23-31)97(87,88)89)3-4-28-6-8-32(24-42(28)98(90,91)92)58-52-62-48(54)60-50(64-52)56-30-10-20-40(96(84,85)86)38(22-30)66-68-44-26(2)72(70-46(44)74)34-13-17-36(18-14-34)94(78,79)80/h3-24H,1-2H3,(H,69,73)(H,70,74)(H,75,76,77)(H,78,79,80)(H,81,82,83)(H,84,85,86)(H,87,88,89)(H,90,91,92)(H2,55,57,59,61,63)(H2,56,58,60,62,64)/b4-3+,67-65?,68-66?. The van der Waals surface area contributed by atoms with E-state index in [1.54, 1.807) is 0 Å². The molecule has 6 aromatic carbocycles. The van der Waals surface area contributed by atoms with Crippen LogP contribution in [0.2, 0.25) is 10.6 Å². The molecule has 508 valence electrons. The molecule has 0 bridgehead atoms. The summed E-state index contributed by atoms with van der Waals surface area (Å²) >= 11 is 12.5. The Kier molecular flexibility index (Phi) is 19.3. The van der Waals surface area contributed by atoms with Crippen molar-refractivity contribution in [1.82, 2.24) is 49.5 Å². The zero-order chi connectivity index (χ0) is 71.2. The van der Waals surface area contributed by atoms with Crippen LogP contribution in [0, 0.1) is 13.8 Å². The van der Waals surface area contributed by atoms with Gasteiger partial charge in [0.15, 0.2) is 11.4 Å². The zero-order valence-corrected chi connectivity index (χ0v) is 55.1. The quantitative estimate of drug-likeness (QED) is 0.0236. The molecular formula is C52H40Cl2N18O20S6. The number of nitrogens with one attached hydrogen (secondary N) is 4. The first kappa shape index (κ1) is 70.3. The number of halogens is 2. The molecule has 38 nitrogen and oxygen atoms in total. The summed E-state index contributed by atoms with van der Waals surface area (Å²) in [5.74, 6) is -1.41. The molecule has 0 aliphatic heterocycles. The Bertz CT molecular complexity index is 5720. The zero-order valence-electron chi connectivity index (χ0n) is 48.6. The van der Waals surface area contributed by atoms with Gasteiger partial charge in [0, 0.05) is 0 Å². The maximum absolute atomic E-state index is 12.8. The number of hydrogen-bond acceptors (Lipinski definition) is 26. The number of aromatic amines is 4. The molecule has 0 amide bonds. The Hall–Kier alpha value is -10.5. The fourth-order valence-electron chi connectivity index (χ4n) is 8.74. The molecule has 0 fully saturated rings. The molecular weight excluding hydrogens is 1460 g/mol. The highest BCUT2D eigenvalue weighted by molar-refractivity contribution is 7.87. The predicted octanol–water partition coefficient (Wildman–Crippen LogP) is 6.91. The van der Waals surface area contributed by atoms with E-state index in [0.29, 0.717) is 0 Å². The van der Waals surface area contributed by atoms with E-state index in [1.165, 1.54) is 50.2 Å². The highest BCUT2D eigenvalue weighted by atomic mass is 35.5. The minimum absolute atomic E-state index is 0.103. The van der Waals surface area contributed by atoms with E-state index >= 15 is 0 Å². The smallest absolute Gasteiger partial charge is 0.296 e. The van der Waals surface area contributed by atoms with Crippen LogP contribution in [-0.4, -0.2) is 138 Å². The summed E-state index contributed by atoms with van der Waals surface area (Å²) in [6.45, 7) is 2.86. The number of aromatic hydroxyl groups is 2. The second-order valence-electron chi connectivity index (χ2n) is 19.8. The van der Waals surface area contributed by atoms with E-state index in [4.69, 9.17) is 23.2 Å². The molecule has 4 aromatic heterocycles. The summed E-state index contributed by atoms with van der Waals surface area (Å²) in [6.07, 6.45) is 2.15. The van der Waals surface area contributed by atoms with Gasteiger partial charge in [0.1, 0.15) is 31.0 Å². The van der Waals surface area contributed by atoms with E-state index in [1.807, 2.05) is 0 Å². The first-order valence-electron chi connectivity index (χ1n) is 26.4. The van der Waals surface area contributed by atoms with Crippen molar-refractivity contribution >= 4 is 142 Å². The van der Waals surface area contributed by atoms with E-state index in [-0.39, 0.29) is 101 Å². The Balaban J connectivity index is 0.914. The van der Waals surface area contributed by atoms with Gasteiger partial charge in [0.2, 0.25) is 33.0 Å². The van der Waals surface area contributed by atoms with Crippen molar-refractivity contribution in [3.8, 4) is 23.1 Å². The van der Waals surface area contributed by atoms with Crippen LogP contribution in [0.1, 0.15) is 22.5 Å². The second kappa shape index (κ2) is 26.9. The summed E-state index contributed by atoms with van der Waals surface area (Å²) in [4.78, 5) is 31.7. The number of H-pyrrole nitrogens is 4. The van der Waals surface area contributed by atoms with Crippen LogP contribution in [-0.2, 0) is 60.7 Å². The molecule has 0 saturated heterocycles. The highest BCUT2D eigenvalue weighted by Gasteiger charge is 2.24. The van der Waals surface area contributed by atoms with Crippen LogP contribution in [0.3, 0.4) is 0 Å². The van der Waals surface area contributed by atoms with Gasteiger partial charge in [-0.2, -0.15) is 60.5 Å². The summed E-state index contributed by atoms with van der Waals surface area (Å²) in [5, 5.41) is 44.1. The second-order valence-corrected chi connectivity index (χ2v) is 28.9. The van der Waals surface area contributed by atoms with E-state index in [9.17, 15) is 88.0 Å². The van der Waals surface area contributed by atoms with Crippen molar-refractivity contribution in [3.63, 3.8) is 0 Å². The lowest BCUT2D eigenvalue weighted by Gasteiger charge is -2.07. The normalized spacial score (nSPS) is 13.7. The van der Waals surface area contributed by atoms with E-state index in [0.717, 1.165) is 106 Å². The van der Waals surface area contributed by atoms with Gasteiger partial charge < -0.3 is 20.2 Å². The Morgan fingerprint density at radius 2 is 0.724 bits per heavy atom. The lowest BCUT2D eigenvalue weighted by atomic mass is 10.1. The molecule has 12 N–H and O–H groups in total. The van der Waals surface area contributed by atoms with Gasteiger partial charge in [-0.25, -0.2) is 29.3 Å². The largest absolute Gasteiger partial charge is 0.491 e. The van der Waals surface area contributed by atoms with Crippen LogP contribution < -0.4 is 22.5 Å². The third-order valence-corrected chi connectivity index (χ3v) is 18.8. The monoisotopic (exact) mass is 1500 g/mol. The van der Waals surface area contributed by atoms with Crippen LogP contribution in [0.15, 0.2) is 191 Å². The number of azo groups is 2. The lowest BCUT2D eigenvalue weighted by Crippen LogP contribution is -2.26. The molecule has 10 rings (SSSR count). The van der Waals surface area contributed by atoms with Gasteiger partial charge in [-0.1, -0.05) is 24.3 Å². The number of benzene rings is 6. The summed E-state index contributed by atoms with van der Waals surface area (Å²) in [6, 6.07) is 22.1. The average molecular weight is 1500 g/mol. The number of aromatic nitrogens is 10. The maximum atomic E-state index is 12.8. The lowest BCUT2D eigenvalue weighted by molar-refractivity contribution is 0.448. The fourth-order valence-corrected chi connectivity index (χ4v) is 12.7. The van der Waals surface area contributed by atoms with Crippen LogP contribution in [0.4, 0.5) is 45.5 Å². The molecule has 0 radical (unpaired) electrons. The highest BCUT2D eigenvalue weighted by Crippen LogP contribution is 2.38. The Labute approximate surface area is 559 Å². The molecule has 98 heavy (non-hydrogen) atoms. The number of rotatable bonds is 18. The average Bonchev–Trinajstić information content (AvgIpc) is 1.38. The van der Waals surface area contributed by atoms with Gasteiger partial charge in [0.25, 0.3) is 72.5 Å². The number of hydrogen-bond donors (Lipinski definition) is 12. The third kappa shape index (κ3) is 16.5. The van der Waals surface area contributed by atoms with Crippen molar-refractivity contribution in [1.29, 1.82) is 0 Å². The van der Waals surface area contributed by atoms with Crippen LogP contribution >= 0.6 is 23.2 Å². The van der Waals surface area contributed by atoms with Crippen LogP contribution in [0.25, 0.3) is 23.5 Å². The van der Waals surface area contributed by atoms with Crippen molar-refractivity contribution in [3.05, 3.63) is 177 Å². The van der Waals surface area contributed by atoms with Gasteiger partial charge in [-0.15, -0.1) is 30.7 Å². The van der Waals surface area contributed by atoms with Gasteiger partial charge in [-0.05, 0) is 157 Å². The molecule has 0 unspecified atom stereocenters. The van der Waals surface area contributed by atoms with Gasteiger partial charge in [-0.3, -0.25) is 37.3 Å². The molecule has 4 heterocycles. The van der Waals surface area contributed by atoms with Crippen molar-refractivity contribution in [2.75, 3.05) is 0 Å². The molecule has 0 atom stereocenters. The van der Waals surface area contributed by atoms with Crippen molar-refractivity contribution < 1.29 is 88.0 Å². The minimum atomic E-state index is -5.11. The molecule has 0 spiro atoms. The fraction of sp³-hybridized carbons (Fsp3) is 0.0385. The Morgan fingerprint density at radius 1 is 0.398 bits per heavy atom. The molecule has 10 aromatic rings. The van der Waals surface area contributed by atoms with E-state index in [2.05, 4.69) is 80.5 Å². The number of nitrogens with zero attached hydrogens (tertiary/aromatic N) is 14. The summed E-state index contributed by atoms with van der Waals surface area (Å²) < 4.78 is 209. The van der Waals surface area contributed by atoms with Crippen molar-refractivity contribution in [2.24, 2.45) is 40.4 Å². The summed E-state index contributed by atoms with van der Waals surface area (Å²) in [7, 11) is -29.3.